The summed E-state index contributed by atoms with van der Waals surface area (Å²) in [5.74, 6) is -1.16. The Kier molecular flexibility index (Phi) is 4.51. The van der Waals surface area contributed by atoms with E-state index < -0.39 is 21.6 Å². The number of sulfone groups is 1. The maximum atomic E-state index is 14.5. The first kappa shape index (κ1) is 19.6. The number of hydrogen-bond donors (Lipinski definition) is 1. The van der Waals surface area contributed by atoms with Gasteiger partial charge in [0.05, 0.1) is 28.1 Å². The van der Waals surface area contributed by atoms with Crippen LogP contribution in [-0.2, 0) is 16.3 Å². The first-order valence-corrected chi connectivity index (χ1v) is 11.6. The molecule has 0 saturated carbocycles. The van der Waals surface area contributed by atoms with Crippen LogP contribution in [0.5, 0.6) is 0 Å². The number of nitrogens with zero attached hydrogens (tertiary/aromatic N) is 2. The molecule has 2 aliphatic rings. The van der Waals surface area contributed by atoms with Crippen molar-refractivity contribution in [2.45, 2.75) is 6.42 Å². The summed E-state index contributed by atoms with van der Waals surface area (Å²) in [6.07, 6.45) is 0.310. The number of nitrogens with one attached hydrogen (secondary N) is 1. The molecule has 1 aromatic heterocycles. The normalized spacial score (nSPS) is 17.4. The molecule has 3 aromatic rings. The topological polar surface area (TPSA) is 100 Å². The van der Waals surface area contributed by atoms with E-state index in [-0.39, 0.29) is 35.7 Å². The highest BCUT2D eigenvalue weighted by atomic mass is 32.2. The molecule has 9 heteroatoms. The van der Waals surface area contributed by atoms with Crippen LogP contribution in [0.15, 0.2) is 58.4 Å². The van der Waals surface area contributed by atoms with E-state index in [2.05, 4.69) is 10.2 Å². The van der Waals surface area contributed by atoms with Gasteiger partial charge in [0.15, 0.2) is 9.84 Å². The van der Waals surface area contributed by atoms with Crippen LogP contribution < -0.4 is 5.56 Å². The second-order valence-corrected chi connectivity index (χ2v) is 10.0. The summed E-state index contributed by atoms with van der Waals surface area (Å²) in [5, 5.41) is 7.83. The van der Waals surface area contributed by atoms with Gasteiger partial charge < -0.3 is 4.90 Å². The Hall–Kier alpha value is -3.33. The monoisotopic (exact) mass is 439 g/mol. The van der Waals surface area contributed by atoms with Gasteiger partial charge in [0.25, 0.3) is 11.5 Å². The van der Waals surface area contributed by atoms with Crippen LogP contribution in [0.3, 0.4) is 0 Å². The molecule has 0 bridgehead atoms. The van der Waals surface area contributed by atoms with Gasteiger partial charge in [-0.1, -0.05) is 24.3 Å². The van der Waals surface area contributed by atoms with E-state index in [9.17, 15) is 22.4 Å². The number of benzene rings is 2. The molecule has 1 N–H and O–H groups in total. The molecule has 2 aromatic carbocycles. The zero-order valence-electron chi connectivity index (χ0n) is 16.4. The van der Waals surface area contributed by atoms with Crippen LogP contribution in [0, 0.1) is 5.82 Å². The lowest BCUT2D eigenvalue weighted by Gasteiger charge is -2.19. The second kappa shape index (κ2) is 7.12. The van der Waals surface area contributed by atoms with E-state index in [0.29, 0.717) is 28.5 Å². The molecular weight excluding hydrogens is 421 g/mol. The van der Waals surface area contributed by atoms with Crippen molar-refractivity contribution in [3.8, 4) is 0 Å². The Labute approximate surface area is 177 Å². The van der Waals surface area contributed by atoms with Crippen LogP contribution in [0.4, 0.5) is 4.39 Å². The van der Waals surface area contributed by atoms with Gasteiger partial charge in [0, 0.05) is 24.9 Å². The second-order valence-electron chi connectivity index (χ2n) is 7.94. The molecule has 2 aliphatic heterocycles. The molecule has 7 nitrogen and oxygen atoms in total. The summed E-state index contributed by atoms with van der Waals surface area (Å²) in [6.45, 7) is 0.423. The van der Waals surface area contributed by atoms with E-state index in [0.717, 1.165) is 11.1 Å². The first-order chi connectivity index (χ1) is 14.8. The molecule has 31 heavy (non-hydrogen) atoms. The smallest absolute Gasteiger partial charge is 0.272 e. The highest BCUT2D eigenvalue weighted by Crippen LogP contribution is 2.29. The molecule has 5 rings (SSSR count). The zero-order valence-corrected chi connectivity index (χ0v) is 17.2. The number of H-pyrrole nitrogens is 1. The van der Waals surface area contributed by atoms with Gasteiger partial charge >= 0.3 is 0 Å². The fourth-order valence-corrected chi connectivity index (χ4v) is 6.03. The Morgan fingerprint density at radius 1 is 1.06 bits per heavy atom. The van der Waals surface area contributed by atoms with E-state index >= 15 is 0 Å². The average molecular weight is 439 g/mol. The van der Waals surface area contributed by atoms with Crippen molar-refractivity contribution >= 4 is 26.5 Å². The van der Waals surface area contributed by atoms with Gasteiger partial charge in [0.2, 0.25) is 0 Å². The van der Waals surface area contributed by atoms with E-state index in [1.807, 2.05) is 6.07 Å². The SMILES string of the molecule is O=C(c1cc(Cc2n[nH]c(=O)c3ccccc23)ccc1F)N1CC2=C(C1)CS(=O)(=O)C2. The number of fused-ring (bicyclic) bond motifs is 1. The van der Waals surface area contributed by atoms with E-state index in [1.54, 1.807) is 24.3 Å². The third kappa shape index (κ3) is 3.54. The molecule has 0 fully saturated rings. The summed E-state index contributed by atoms with van der Waals surface area (Å²) in [4.78, 5) is 26.4. The van der Waals surface area contributed by atoms with Crippen LogP contribution >= 0.6 is 0 Å². The molecule has 0 radical (unpaired) electrons. The lowest BCUT2D eigenvalue weighted by Crippen LogP contribution is -2.32. The molecule has 158 valence electrons. The third-order valence-corrected chi connectivity index (χ3v) is 7.32. The molecule has 0 aliphatic carbocycles. The fourth-order valence-electron chi connectivity index (χ4n) is 4.28. The zero-order chi connectivity index (χ0) is 21.8. The predicted octanol–water partition coefficient (Wildman–Crippen LogP) is 1.83. The maximum absolute atomic E-state index is 14.5. The first-order valence-electron chi connectivity index (χ1n) is 9.75. The van der Waals surface area contributed by atoms with E-state index in [1.165, 1.54) is 17.0 Å². The Morgan fingerprint density at radius 3 is 2.45 bits per heavy atom. The van der Waals surface area contributed by atoms with Crippen molar-refractivity contribution < 1.29 is 17.6 Å². The molecule has 3 heterocycles. The minimum atomic E-state index is -3.11. The van der Waals surface area contributed by atoms with Crippen LogP contribution in [0.25, 0.3) is 10.8 Å². The highest BCUT2D eigenvalue weighted by Gasteiger charge is 2.36. The number of halogens is 1. The standard InChI is InChI=1S/C22H18FN3O4S/c23-19-6-5-13(8-20-16-3-1-2-4-17(16)21(27)25-24-20)7-18(19)22(28)26-9-14-11-31(29,30)12-15(14)10-26/h1-7H,8-12H2,(H,25,27). The van der Waals surface area contributed by atoms with Gasteiger partial charge in [-0.05, 0) is 34.9 Å². The number of amides is 1. The Balaban J connectivity index is 1.41. The molecule has 0 spiro atoms. The summed E-state index contributed by atoms with van der Waals surface area (Å²) in [7, 11) is -3.11. The van der Waals surface area contributed by atoms with Crippen molar-refractivity contribution in [2.75, 3.05) is 24.6 Å². The lowest BCUT2D eigenvalue weighted by molar-refractivity contribution is 0.0791. The van der Waals surface area contributed by atoms with Crippen LogP contribution in [-0.4, -0.2) is 54.0 Å². The average Bonchev–Trinajstić information content (AvgIpc) is 3.25. The van der Waals surface area contributed by atoms with E-state index in [4.69, 9.17) is 0 Å². The van der Waals surface area contributed by atoms with Gasteiger partial charge in [-0.15, -0.1) is 0 Å². The fraction of sp³-hybridized carbons (Fsp3) is 0.227. The van der Waals surface area contributed by atoms with Crippen molar-refractivity contribution in [1.82, 2.24) is 15.1 Å². The molecular formula is C22H18FN3O4S. The number of aromatic amines is 1. The lowest BCUT2D eigenvalue weighted by atomic mass is 10.0. The molecule has 0 saturated heterocycles. The number of rotatable bonds is 3. The largest absolute Gasteiger partial charge is 0.330 e. The maximum Gasteiger partial charge on any atom is 0.272 e. The summed E-state index contributed by atoms with van der Waals surface area (Å²) >= 11 is 0. The quantitative estimate of drug-likeness (QED) is 0.628. The Morgan fingerprint density at radius 2 is 1.74 bits per heavy atom. The highest BCUT2D eigenvalue weighted by molar-refractivity contribution is 7.92. The van der Waals surface area contributed by atoms with Gasteiger partial charge in [-0.3, -0.25) is 9.59 Å². The number of carbonyl (C=O) groups excluding carboxylic acids is 1. The Bertz CT molecular complexity index is 1420. The van der Waals surface area contributed by atoms with Crippen LogP contribution in [0.2, 0.25) is 0 Å². The summed E-state index contributed by atoms with van der Waals surface area (Å²) in [5.41, 5.74) is 2.44. The minimum Gasteiger partial charge on any atom is -0.330 e. The van der Waals surface area contributed by atoms with Gasteiger partial charge in [0.1, 0.15) is 5.82 Å². The van der Waals surface area contributed by atoms with Gasteiger partial charge in [-0.2, -0.15) is 5.10 Å². The third-order valence-electron chi connectivity index (χ3n) is 5.75. The number of carbonyl (C=O) groups is 1. The van der Waals surface area contributed by atoms with Gasteiger partial charge in [-0.25, -0.2) is 17.9 Å². The van der Waals surface area contributed by atoms with Crippen molar-refractivity contribution in [1.29, 1.82) is 0 Å². The minimum absolute atomic E-state index is 0.0282. The molecule has 0 atom stereocenters. The van der Waals surface area contributed by atoms with Crippen molar-refractivity contribution in [2.24, 2.45) is 0 Å². The van der Waals surface area contributed by atoms with Crippen LogP contribution in [0.1, 0.15) is 21.6 Å². The van der Waals surface area contributed by atoms with Crippen molar-refractivity contribution in [3.63, 3.8) is 0 Å². The van der Waals surface area contributed by atoms with Crippen molar-refractivity contribution in [3.05, 3.63) is 86.6 Å². The molecule has 0 unspecified atom stereocenters. The predicted molar refractivity (Wildman–Crippen MR) is 113 cm³/mol. The summed E-state index contributed by atoms with van der Waals surface area (Å²) in [6, 6.07) is 11.4. The summed E-state index contributed by atoms with van der Waals surface area (Å²) < 4.78 is 38.0. The number of hydrogen-bond acceptors (Lipinski definition) is 5. The molecule has 1 amide bonds. The number of aromatic nitrogens is 2.